The molecule has 0 fully saturated rings. The normalized spacial score (nSPS) is 13.1. The van der Waals surface area contributed by atoms with Crippen LogP contribution in [-0.4, -0.2) is 108 Å². The van der Waals surface area contributed by atoms with Crippen molar-refractivity contribution in [2.24, 2.45) is 0 Å². The molecule has 0 spiro atoms. The van der Waals surface area contributed by atoms with Gasteiger partial charge in [0, 0.05) is 12.5 Å². The number of fused-ring (bicyclic) bond motifs is 1. The molecule has 0 aliphatic carbocycles. The lowest BCUT2D eigenvalue weighted by Crippen LogP contribution is -2.33. The fourth-order valence-corrected chi connectivity index (χ4v) is 3.64. The van der Waals surface area contributed by atoms with Gasteiger partial charge in [-0.2, -0.15) is 0 Å². The van der Waals surface area contributed by atoms with Crippen LogP contribution < -0.4 is 0 Å². The molecule has 0 atom stereocenters. The minimum Gasteiger partial charge on any atom is -0.379 e. The second kappa shape index (κ2) is 20.5. The van der Waals surface area contributed by atoms with Gasteiger partial charge in [-0.05, 0) is 25.0 Å². The van der Waals surface area contributed by atoms with E-state index >= 15 is 0 Å². The monoisotopic (exact) mass is 529 g/mol. The molecule has 0 saturated carbocycles. The summed E-state index contributed by atoms with van der Waals surface area (Å²) in [5.41, 5.74) is 0.900. The Bertz CT molecular complexity index is 701. The van der Waals surface area contributed by atoms with Crippen molar-refractivity contribution in [3.63, 3.8) is 0 Å². The Morgan fingerprint density at radius 2 is 0.917 bits per heavy atom. The van der Waals surface area contributed by atoms with E-state index in [1.54, 1.807) is 24.3 Å². The molecule has 0 aromatic heterocycles. The van der Waals surface area contributed by atoms with Gasteiger partial charge < -0.3 is 28.4 Å². The number of carbonyl (C=O) groups is 2. The second-order valence-electron chi connectivity index (χ2n) is 8.08. The summed E-state index contributed by atoms with van der Waals surface area (Å²) < 4.78 is 32.8. The minimum atomic E-state index is -0.269. The molecule has 0 N–H and O–H groups in total. The Kier molecular flexibility index (Phi) is 17.4. The molecular formula is C26H40ClNO8. The summed E-state index contributed by atoms with van der Waals surface area (Å²) >= 11 is 5.64. The van der Waals surface area contributed by atoms with E-state index in [9.17, 15) is 9.59 Å². The van der Waals surface area contributed by atoms with Crippen LogP contribution in [0, 0.1) is 0 Å². The van der Waals surface area contributed by atoms with Crippen LogP contribution in [0.2, 0.25) is 0 Å². The van der Waals surface area contributed by atoms with E-state index in [-0.39, 0.29) is 25.0 Å². The van der Waals surface area contributed by atoms with Gasteiger partial charge in [-0.15, -0.1) is 11.6 Å². The van der Waals surface area contributed by atoms with Crippen LogP contribution >= 0.6 is 11.6 Å². The number of amides is 2. The molecule has 204 valence electrons. The number of hydrogen-bond acceptors (Lipinski definition) is 8. The van der Waals surface area contributed by atoms with Crippen LogP contribution in [0.1, 0.15) is 46.4 Å². The molecule has 1 aromatic carbocycles. The van der Waals surface area contributed by atoms with Gasteiger partial charge in [0.15, 0.2) is 0 Å². The lowest BCUT2D eigenvalue weighted by atomic mass is 10.1. The minimum absolute atomic E-state index is 0.226. The van der Waals surface area contributed by atoms with E-state index in [4.69, 9.17) is 40.0 Å². The number of carbonyl (C=O) groups excluding carboxylic acids is 2. The van der Waals surface area contributed by atoms with Gasteiger partial charge in [-0.3, -0.25) is 14.5 Å². The highest BCUT2D eigenvalue weighted by Crippen LogP contribution is 2.21. The van der Waals surface area contributed by atoms with Crippen molar-refractivity contribution in [3.05, 3.63) is 35.4 Å². The fraction of sp³-hybridized carbons (Fsp3) is 0.692. The molecular weight excluding hydrogens is 490 g/mol. The van der Waals surface area contributed by atoms with E-state index < -0.39 is 0 Å². The van der Waals surface area contributed by atoms with Crippen molar-refractivity contribution in [1.29, 1.82) is 0 Å². The molecule has 2 amide bonds. The molecule has 9 nitrogen and oxygen atoms in total. The quantitative estimate of drug-likeness (QED) is 0.114. The molecule has 1 aliphatic rings. The van der Waals surface area contributed by atoms with E-state index in [1.165, 1.54) is 4.90 Å². The Hall–Kier alpha value is -1.59. The van der Waals surface area contributed by atoms with Gasteiger partial charge in [0.05, 0.1) is 90.3 Å². The van der Waals surface area contributed by atoms with Crippen molar-refractivity contribution in [2.45, 2.75) is 25.7 Å². The molecule has 0 radical (unpaired) electrons. The molecule has 36 heavy (non-hydrogen) atoms. The van der Waals surface area contributed by atoms with Crippen molar-refractivity contribution in [1.82, 2.24) is 4.90 Å². The van der Waals surface area contributed by atoms with Gasteiger partial charge >= 0.3 is 0 Å². The first kappa shape index (κ1) is 30.6. The van der Waals surface area contributed by atoms with Crippen LogP contribution in [-0.2, 0) is 28.4 Å². The van der Waals surface area contributed by atoms with Gasteiger partial charge in [-0.1, -0.05) is 25.0 Å². The first-order valence-electron chi connectivity index (χ1n) is 12.7. The van der Waals surface area contributed by atoms with Crippen LogP contribution in [0.15, 0.2) is 24.3 Å². The Morgan fingerprint density at radius 1 is 0.528 bits per heavy atom. The van der Waals surface area contributed by atoms with Crippen molar-refractivity contribution in [2.75, 3.05) is 91.7 Å². The van der Waals surface area contributed by atoms with E-state index in [1.807, 2.05) is 0 Å². The first-order chi connectivity index (χ1) is 17.8. The number of ether oxygens (including phenoxy) is 6. The standard InChI is InChI=1S/C26H40ClNO8/c27-9-5-1-2-6-11-31-13-15-33-17-19-35-21-22-36-20-18-34-16-14-32-12-10-28-25(29)23-7-3-4-8-24(23)26(28)30/h3-4,7-8H,1-2,5-6,9-22H2. The predicted octanol–water partition coefficient (Wildman–Crippen LogP) is 3.18. The average molecular weight is 530 g/mol. The van der Waals surface area contributed by atoms with Crippen LogP contribution in [0.3, 0.4) is 0 Å². The highest BCUT2D eigenvalue weighted by molar-refractivity contribution is 6.21. The molecule has 1 aliphatic heterocycles. The molecule has 10 heteroatoms. The number of benzene rings is 1. The highest BCUT2D eigenvalue weighted by atomic mass is 35.5. The zero-order valence-electron chi connectivity index (χ0n) is 21.1. The van der Waals surface area contributed by atoms with Gasteiger partial charge in [0.25, 0.3) is 11.8 Å². The smallest absolute Gasteiger partial charge is 0.261 e. The number of alkyl halides is 1. The van der Waals surface area contributed by atoms with Gasteiger partial charge in [0.2, 0.25) is 0 Å². The Labute approximate surface area is 219 Å². The summed E-state index contributed by atoms with van der Waals surface area (Å²) in [6, 6.07) is 6.83. The molecule has 0 saturated heterocycles. The second-order valence-corrected chi connectivity index (χ2v) is 8.46. The number of rotatable bonds is 24. The molecule has 0 unspecified atom stereocenters. The number of halogens is 1. The zero-order valence-corrected chi connectivity index (χ0v) is 21.9. The third kappa shape index (κ3) is 12.6. The summed E-state index contributed by atoms with van der Waals surface area (Å²) in [4.78, 5) is 25.7. The maximum absolute atomic E-state index is 12.3. The SMILES string of the molecule is O=C1c2ccccc2C(=O)N1CCOCCOCCOCCOCCOCCOCCCCCCCl. The third-order valence-electron chi connectivity index (χ3n) is 5.37. The number of hydrogen-bond donors (Lipinski definition) is 0. The van der Waals surface area contributed by atoms with Crippen molar-refractivity contribution < 1.29 is 38.0 Å². The molecule has 1 heterocycles. The number of nitrogens with zero attached hydrogens (tertiary/aromatic N) is 1. The van der Waals surface area contributed by atoms with E-state index in [0.717, 1.165) is 38.2 Å². The zero-order chi connectivity index (χ0) is 25.7. The summed E-state index contributed by atoms with van der Waals surface area (Å²) in [6.45, 7) is 6.23. The summed E-state index contributed by atoms with van der Waals surface area (Å²) in [6.07, 6.45) is 4.47. The lowest BCUT2D eigenvalue weighted by Gasteiger charge is -2.13. The van der Waals surface area contributed by atoms with Crippen molar-refractivity contribution >= 4 is 23.4 Å². The first-order valence-corrected chi connectivity index (χ1v) is 13.3. The fourth-order valence-electron chi connectivity index (χ4n) is 3.45. The maximum atomic E-state index is 12.3. The molecule has 1 aromatic rings. The Balaban J connectivity index is 1.26. The van der Waals surface area contributed by atoms with Crippen LogP contribution in [0.25, 0.3) is 0 Å². The maximum Gasteiger partial charge on any atom is 0.261 e. The summed E-state index contributed by atoms with van der Waals surface area (Å²) in [5.74, 6) is 0.200. The summed E-state index contributed by atoms with van der Waals surface area (Å²) in [5, 5.41) is 0. The van der Waals surface area contributed by atoms with Crippen LogP contribution in [0.5, 0.6) is 0 Å². The molecule has 2 rings (SSSR count). The van der Waals surface area contributed by atoms with E-state index in [2.05, 4.69) is 0 Å². The van der Waals surface area contributed by atoms with E-state index in [0.29, 0.717) is 77.2 Å². The lowest BCUT2D eigenvalue weighted by molar-refractivity contribution is -0.0173. The average Bonchev–Trinajstić information content (AvgIpc) is 3.14. The van der Waals surface area contributed by atoms with Gasteiger partial charge in [0.1, 0.15) is 0 Å². The molecule has 0 bridgehead atoms. The predicted molar refractivity (Wildman–Crippen MR) is 136 cm³/mol. The number of unbranched alkanes of at least 4 members (excludes halogenated alkanes) is 3. The summed E-state index contributed by atoms with van der Waals surface area (Å²) in [7, 11) is 0. The highest BCUT2D eigenvalue weighted by Gasteiger charge is 2.34. The number of imide groups is 1. The topological polar surface area (TPSA) is 92.8 Å². The van der Waals surface area contributed by atoms with Crippen LogP contribution in [0.4, 0.5) is 0 Å². The van der Waals surface area contributed by atoms with Crippen molar-refractivity contribution in [3.8, 4) is 0 Å². The van der Waals surface area contributed by atoms with Gasteiger partial charge in [-0.25, -0.2) is 0 Å². The Morgan fingerprint density at radius 3 is 1.36 bits per heavy atom. The largest absolute Gasteiger partial charge is 0.379 e. The third-order valence-corrected chi connectivity index (χ3v) is 5.64.